The van der Waals surface area contributed by atoms with Crippen LogP contribution in [0.5, 0.6) is 0 Å². The average Bonchev–Trinajstić information content (AvgIpc) is 2.99. The molecule has 0 aliphatic carbocycles. The Morgan fingerprint density at radius 2 is 0.622 bits per heavy atom. The van der Waals surface area contributed by atoms with Gasteiger partial charge in [0.05, 0.1) is 0 Å². The van der Waals surface area contributed by atoms with Gasteiger partial charge in [0, 0.05) is 0 Å². The summed E-state index contributed by atoms with van der Waals surface area (Å²) in [6.07, 6.45) is 5.62. The normalized spacial score (nSPS) is 10.9. The van der Waals surface area contributed by atoms with E-state index in [-0.39, 0.29) is 0 Å². The quantitative estimate of drug-likeness (QED) is 0.223. The van der Waals surface area contributed by atoms with E-state index in [2.05, 4.69) is 109 Å². The van der Waals surface area contributed by atoms with E-state index in [0.29, 0.717) is 0 Å². The third-order valence-electron chi connectivity index (χ3n) is 6.26. The van der Waals surface area contributed by atoms with E-state index < -0.39 is 21.8 Å². The predicted molar refractivity (Wildman–Crippen MR) is 154 cm³/mol. The molecule has 3 aromatic heterocycles. The van der Waals surface area contributed by atoms with Crippen molar-refractivity contribution < 1.29 is 0 Å². The number of benzene rings is 3. The molecule has 3 nitrogen and oxygen atoms in total. The molecule has 37 heavy (non-hydrogen) atoms. The zero-order valence-corrected chi connectivity index (χ0v) is 23.6. The molecule has 0 aliphatic rings. The molecule has 0 spiro atoms. The molecule has 0 saturated heterocycles. The van der Waals surface area contributed by atoms with E-state index in [1.54, 1.807) is 0 Å². The molecule has 3 aromatic carbocycles. The first-order chi connectivity index (χ1) is 18.4. The average molecular weight is 672 g/mol. The second-order valence-electron chi connectivity index (χ2n) is 8.53. The molecule has 0 radical (unpaired) electrons. The molecule has 3 heterocycles. The van der Waals surface area contributed by atoms with Crippen molar-refractivity contribution in [2.24, 2.45) is 0 Å². The maximum atomic E-state index is 4.75. The van der Waals surface area contributed by atoms with Gasteiger partial charge >= 0.3 is 226 Å². The van der Waals surface area contributed by atoms with E-state index in [9.17, 15) is 0 Å². The van der Waals surface area contributed by atoms with Gasteiger partial charge in [0.15, 0.2) is 0 Å². The van der Waals surface area contributed by atoms with Crippen LogP contribution in [0.4, 0.5) is 0 Å². The van der Waals surface area contributed by atoms with Crippen molar-refractivity contribution in [3.63, 3.8) is 0 Å². The minimum atomic E-state index is -2.98. The Morgan fingerprint density at radius 1 is 0.324 bits per heavy atom. The van der Waals surface area contributed by atoms with E-state index in [1.807, 2.05) is 36.8 Å². The Labute approximate surface area is 225 Å². The Kier molecular flexibility index (Phi) is 6.92. The van der Waals surface area contributed by atoms with E-state index in [0.717, 1.165) is 17.1 Å². The van der Waals surface area contributed by atoms with Crippen LogP contribution in [-0.4, -0.2) is 36.7 Å². The van der Waals surface area contributed by atoms with Gasteiger partial charge in [-0.15, -0.1) is 0 Å². The molecule has 176 valence electrons. The fourth-order valence-electron chi connectivity index (χ4n) is 4.61. The third-order valence-corrected chi connectivity index (χ3v) is 16.4. The molecule has 6 rings (SSSR count). The van der Waals surface area contributed by atoms with Crippen LogP contribution in [0.25, 0.3) is 33.8 Å². The van der Waals surface area contributed by atoms with Gasteiger partial charge < -0.3 is 0 Å². The van der Waals surface area contributed by atoms with Crippen molar-refractivity contribution in [1.82, 2.24) is 15.0 Å². The van der Waals surface area contributed by atoms with Crippen molar-refractivity contribution in [2.75, 3.05) is 0 Å². The number of pyridine rings is 3. The minimum absolute atomic E-state index is 1.00. The van der Waals surface area contributed by atoms with Gasteiger partial charge in [0.25, 0.3) is 0 Å². The molecule has 0 fully saturated rings. The van der Waals surface area contributed by atoms with Crippen molar-refractivity contribution in [2.45, 2.75) is 0 Å². The summed E-state index contributed by atoms with van der Waals surface area (Å²) >= 11 is -2.98. The summed E-state index contributed by atoms with van der Waals surface area (Å²) in [4.78, 5) is 14.2. The van der Waals surface area contributed by atoms with Gasteiger partial charge in [0.2, 0.25) is 0 Å². The third kappa shape index (κ3) is 4.86. The first kappa shape index (κ1) is 23.4. The van der Waals surface area contributed by atoms with E-state index in [4.69, 9.17) is 15.0 Å². The molecule has 0 saturated carbocycles. The topological polar surface area (TPSA) is 38.7 Å². The molecule has 6 aromatic rings. The van der Waals surface area contributed by atoms with Crippen molar-refractivity contribution in [3.05, 3.63) is 146 Å². The number of aromatic nitrogens is 3. The zero-order chi connectivity index (χ0) is 24.9. The van der Waals surface area contributed by atoms with E-state index >= 15 is 0 Å². The molecular weight excluding hydrogens is 647 g/mol. The molecule has 0 amide bonds. The zero-order valence-electron chi connectivity index (χ0n) is 20.1. The maximum absolute atomic E-state index is 4.75. The molecule has 0 N–H and O–H groups in total. The van der Waals surface area contributed by atoms with Crippen LogP contribution < -0.4 is 9.81 Å². The van der Waals surface area contributed by atoms with Crippen LogP contribution in [-0.2, 0) is 0 Å². The van der Waals surface area contributed by atoms with Gasteiger partial charge in [-0.1, -0.05) is 0 Å². The fraction of sp³-hybridized carbons (Fsp3) is 0. The van der Waals surface area contributed by atoms with Crippen LogP contribution in [0, 0.1) is 0 Å². The van der Waals surface area contributed by atoms with Gasteiger partial charge in [-0.25, -0.2) is 0 Å². The Balaban J connectivity index is 1.66. The molecular formula is C33H24BiN3. The summed E-state index contributed by atoms with van der Waals surface area (Å²) in [5.41, 5.74) is 6.61. The van der Waals surface area contributed by atoms with Crippen molar-refractivity contribution in [1.29, 1.82) is 0 Å². The summed E-state index contributed by atoms with van der Waals surface area (Å²) < 4.78 is 4.17. The van der Waals surface area contributed by atoms with Gasteiger partial charge in [-0.3, -0.25) is 0 Å². The number of nitrogens with zero attached hydrogens (tertiary/aromatic N) is 3. The fourth-order valence-corrected chi connectivity index (χ4v) is 15.4. The van der Waals surface area contributed by atoms with Crippen molar-refractivity contribution >= 4 is 31.6 Å². The number of hydrogen-bond acceptors (Lipinski definition) is 3. The molecule has 4 heteroatoms. The van der Waals surface area contributed by atoms with Crippen LogP contribution in [0.1, 0.15) is 0 Å². The van der Waals surface area contributed by atoms with Gasteiger partial charge in [0.1, 0.15) is 0 Å². The number of rotatable bonds is 6. The first-order valence-corrected chi connectivity index (χ1v) is 17.4. The van der Waals surface area contributed by atoms with Crippen molar-refractivity contribution in [3.8, 4) is 33.8 Å². The standard InChI is InChI=1S/3C11H8N.Bi/c3*1-2-6-10(7-3-1)11-8-4-5-9-12-11;/h3*1-6,8-9H;. The summed E-state index contributed by atoms with van der Waals surface area (Å²) in [7, 11) is 0. The predicted octanol–water partition coefficient (Wildman–Crippen LogP) is 5.39. The van der Waals surface area contributed by atoms with Crippen LogP contribution in [0.3, 0.4) is 0 Å². The second-order valence-corrected chi connectivity index (χ2v) is 16.8. The molecule has 0 bridgehead atoms. The summed E-state index contributed by atoms with van der Waals surface area (Å²) in [5.74, 6) is 0. The van der Waals surface area contributed by atoms with Gasteiger partial charge in [-0.2, -0.15) is 0 Å². The Bertz CT molecular complexity index is 1420. The monoisotopic (exact) mass is 671 g/mol. The van der Waals surface area contributed by atoms with Gasteiger partial charge in [-0.05, 0) is 0 Å². The van der Waals surface area contributed by atoms with Crippen LogP contribution >= 0.6 is 0 Å². The molecule has 0 atom stereocenters. The Morgan fingerprint density at radius 3 is 0.919 bits per heavy atom. The summed E-state index contributed by atoms with van der Waals surface area (Å²) in [5, 5.41) is 0. The number of hydrogen-bond donors (Lipinski definition) is 0. The van der Waals surface area contributed by atoms with E-state index in [1.165, 1.54) is 26.5 Å². The first-order valence-electron chi connectivity index (χ1n) is 12.2. The van der Waals surface area contributed by atoms with Crippen LogP contribution in [0.2, 0.25) is 0 Å². The second kappa shape index (κ2) is 10.9. The molecule has 0 unspecified atom stereocenters. The molecule has 0 aliphatic heterocycles. The summed E-state index contributed by atoms with van der Waals surface area (Å²) in [6.45, 7) is 0. The van der Waals surface area contributed by atoms with Crippen LogP contribution in [0.15, 0.2) is 146 Å². The SMILES string of the molecule is c1ccc(-c2cccc[c]2[Bi]([c]2ccccc2-c2ccccn2)[c]2ccccc2-c2ccccn2)nc1. The summed E-state index contributed by atoms with van der Waals surface area (Å²) in [6, 6.07) is 44.8. The Hall–Kier alpha value is -4.01.